The molecule has 190 valence electrons. The van der Waals surface area contributed by atoms with Crippen molar-refractivity contribution in [1.29, 1.82) is 0 Å². The van der Waals surface area contributed by atoms with E-state index in [0.29, 0.717) is 29.6 Å². The highest BCUT2D eigenvalue weighted by Gasteiger charge is 2.65. The number of aliphatic hydroxyl groups is 1. The van der Waals surface area contributed by atoms with Gasteiger partial charge in [-0.2, -0.15) is 0 Å². The molecule has 0 bridgehead atoms. The Labute approximate surface area is 206 Å². The second-order valence-electron chi connectivity index (χ2n) is 13.5. The highest BCUT2D eigenvalue weighted by atomic mass is 16.4. The van der Waals surface area contributed by atoms with Crippen LogP contribution >= 0.6 is 0 Å². The molecular formula is C30H46O4. The Morgan fingerprint density at radius 3 is 2.44 bits per heavy atom. The van der Waals surface area contributed by atoms with Crippen LogP contribution in [0.25, 0.3) is 0 Å². The monoisotopic (exact) mass is 470 g/mol. The van der Waals surface area contributed by atoms with Gasteiger partial charge < -0.3 is 10.2 Å². The lowest BCUT2D eigenvalue weighted by molar-refractivity contribution is -0.134. The summed E-state index contributed by atoms with van der Waals surface area (Å²) in [6, 6.07) is 0. The fourth-order valence-corrected chi connectivity index (χ4v) is 9.16. The largest absolute Gasteiger partial charge is 0.478 e. The lowest BCUT2D eigenvalue weighted by atomic mass is 9.43. The third-order valence-corrected chi connectivity index (χ3v) is 11.7. The van der Waals surface area contributed by atoms with E-state index in [4.69, 9.17) is 5.11 Å². The van der Waals surface area contributed by atoms with E-state index in [0.717, 1.165) is 51.4 Å². The van der Waals surface area contributed by atoms with Gasteiger partial charge in [-0.25, -0.2) is 4.79 Å². The third-order valence-electron chi connectivity index (χ3n) is 11.7. The quantitative estimate of drug-likeness (QED) is 0.437. The average molecular weight is 471 g/mol. The first kappa shape index (κ1) is 25.7. The molecule has 0 aliphatic heterocycles. The van der Waals surface area contributed by atoms with Gasteiger partial charge in [0.2, 0.25) is 0 Å². The van der Waals surface area contributed by atoms with Gasteiger partial charge in [0.15, 0.2) is 5.78 Å². The summed E-state index contributed by atoms with van der Waals surface area (Å²) < 4.78 is 0. The van der Waals surface area contributed by atoms with Gasteiger partial charge in [0.05, 0.1) is 6.10 Å². The van der Waals surface area contributed by atoms with E-state index in [1.165, 1.54) is 11.1 Å². The fourth-order valence-electron chi connectivity index (χ4n) is 9.16. The minimum atomic E-state index is -0.833. The molecular weight excluding hydrogens is 424 g/mol. The van der Waals surface area contributed by atoms with Gasteiger partial charge in [0.1, 0.15) is 0 Å². The van der Waals surface area contributed by atoms with Crippen LogP contribution in [-0.2, 0) is 9.59 Å². The molecule has 0 aromatic carbocycles. The molecule has 2 saturated carbocycles. The summed E-state index contributed by atoms with van der Waals surface area (Å²) >= 11 is 0. The Morgan fingerprint density at radius 2 is 1.79 bits per heavy atom. The normalized spacial score (nSPS) is 42.6. The highest BCUT2D eigenvalue weighted by Crippen LogP contribution is 2.71. The van der Waals surface area contributed by atoms with Crippen molar-refractivity contribution in [3.05, 3.63) is 22.8 Å². The molecule has 4 aliphatic rings. The molecule has 0 aromatic rings. The Bertz CT molecular complexity index is 941. The van der Waals surface area contributed by atoms with Crippen LogP contribution < -0.4 is 0 Å². The average Bonchev–Trinajstić information content (AvgIpc) is 3.04. The van der Waals surface area contributed by atoms with Crippen LogP contribution in [0.2, 0.25) is 0 Å². The van der Waals surface area contributed by atoms with Gasteiger partial charge in [0.25, 0.3) is 0 Å². The molecule has 0 amide bonds. The second kappa shape index (κ2) is 8.32. The molecule has 2 fully saturated rings. The number of Topliss-reactive ketones (excluding diaryl/α,β-unsaturated/α-hetero) is 1. The smallest absolute Gasteiger partial charge is 0.330 e. The van der Waals surface area contributed by atoms with E-state index < -0.39 is 5.97 Å². The molecule has 0 aromatic heterocycles. The lowest BCUT2D eigenvalue weighted by Crippen LogP contribution is -2.57. The van der Waals surface area contributed by atoms with Crippen molar-refractivity contribution in [2.75, 3.05) is 0 Å². The van der Waals surface area contributed by atoms with Crippen molar-refractivity contribution in [1.82, 2.24) is 0 Å². The highest BCUT2D eigenvalue weighted by molar-refractivity contribution is 5.99. The minimum Gasteiger partial charge on any atom is -0.478 e. The van der Waals surface area contributed by atoms with Crippen molar-refractivity contribution < 1.29 is 19.8 Å². The van der Waals surface area contributed by atoms with Crippen LogP contribution in [0, 0.1) is 39.4 Å². The zero-order chi connectivity index (χ0) is 25.3. The van der Waals surface area contributed by atoms with E-state index in [1.54, 1.807) is 6.92 Å². The molecule has 7 atom stereocenters. The van der Waals surface area contributed by atoms with Gasteiger partial charge in [-0.1, -0.05) is 53.2 Å². The van der Waals surface area contributed by atoms with Crippen molar-refractivity contribution in [2.24, 2.45) is 39.4 Å². The predicted molar refractivity (Wildman–Crippen MR) is 135 cm³/mol. The molecule has 4 rings (SSSR count). The first-order chi connectivity index (χ1) is 15.7. The zero-order valence-corrected chi connectivity index (χ0v) is 22.5. The molecule has 0 heterocycles. The number of carboxylic acid groups (broad SMARTS) is 1. The summed E-state index contributed by atoms with van der Waals surface area (Å²) in [4.78, 5) is 25.0. The number of aliphatic carboxylic acids is 1. The van der Waals surface area contributed by atoms with Crippen LogP contribution in [0.4, 0.5) is 0 Å². The van der Waals surface area contributed by atoms with Crippen molar-refractivity contribution in [3.63, 3.8) is 0 Å². The van der Waals surface area contributed by atoms with Gasteiger partial charge in [-0.15, -0.1) is 0 Å². The number of fused-ring (bicyclic) bond motifs is 4. The molecule has 0 radical (unpaired) electrons. The van der Waals surface area contributed by atoms with Gasteiger partial charge >= 0.3 is 5.97 Å². The number of hydrogen-bond acceptors (Lipinski definition) is 3. The van der Waals surface area contributed by atoms with E-state index in [-0.39, 0.29) is 33.7 Å². The SMILES string of the molecule is C/C(=C/CC[C@@H](C)[C@H]1CC[C@]2(C)C3=C(CC[C@@]12C)[C@@]1(C)CC[C@@H](O)C(C)(C)[C@@H]1CC3=O)C(=O)O. The molecule has 0 unspecified atom stereocenters. The van der Waals surface area contributed by atoms with Crippen LogP contribution in [0.1, 0.15) is 106 Å². The summed E-state index contributed by atoms with van der Waals surface area (Å²) in [7, 11) is 0. The molecule has 0 saturated heterocycles. The Hall–Kier alpha value is -1.42. The summed E-state index contributed by atoms with van der Waals surface area (Å²) in [6.07, 6.45) is 10.0. The van der Waals surface area contributed by atoms with Gasteiger partial charge in [-0.05, 0) is 92.3 Å². The maximum absolute atomic E-state index is 13.9. The van der Waals surface area contributed by atoms with Crippen LogP contribution in [-0.4, -0.2) is 28.1 Å². The maximum Gasteiger partial charge on any atom is 0.330 e. The number of hydrogen-bond donors (Lipinski definition) is 2. The Balaban J connectivity index is 1.65. The minimum absolute atomic E-state index is 0.0131. The number of rotatable bonds is 5. The first-order valence-electron chi connectivity index (χ1n) is 13.6. The molecule has 0 spiro atoms. The van der Waals surface area contributed by atoms with E-state index in [2.05, 4.69) is 41.5 Å². The van der Waals surface area contributed by atoms with E-state index in [1.807, 2.05) is 6.08 Å². The number of allylic oxidation sites excluding steroid dienone is 3. The third kappa shape index (κ3) is 3.49. The predicted octanol–water partition coefficient (Wildman–Crippen LogP) is 6.72. The van der Waals surface area contributed by atoms with Crippen LogP contribution in [0.3, 0.4) is 0 Å². The first-order valence-corrected chi connectivity index (χ1v) is 13.6. The number of carbonyl (C=O) groups excluding carboxylic acids is 1. The molecule has 4 aliphatic carbocycles. The molecule has 2 N–H and O–H groups in total. The molecule has 34 heavy (non-hydrogen) atoms. The van der Waals surface area contributed by atoms with Gasteiger partial charge in [-0.3, -0.25) is 4.79 Å². The number of carboxylic acids is 1. The standard InChI is InChI=1S/C30H46O4/c1-18(9-8-10-19(2)26(33)34)20-11-16-30(7)25-21(12-15-29(20,30)6)28(5)14-13-24(32)27(3,4)23(28)17-22(25)31/h10,18,20,23-24,32H,8-9,11-17H2,1-7H3,(H,33,34)/b19-10-/t18-,20-,23+,24-,28-,29+,30-/m1/s1. The van der Waals surface area contributed by atoms with E-state index in [9.17, 15) is 14.7 Å². The van der Waals surface area contributed by atoms with Crippen molar-refractivity contribution >= 4 is 11.8 Å². The van der Waals surface area contributed by atoms with Crippen molar-refractivity contribution in [3.8, 4) is 0 Å². The van der Waals surface area contributed by atoms with E-state index >= 15 is 0 Å². The fraction of sp³-hybridized carbons (Fsp3) is 0.800. The number of carbonyl (C=O) groups is 2. The maximum atomic E-state index is 13.9. The molecule has 4 nitrogen and oxygen atoms in total. The Morgan fingerprint density at radius 1 is 1.12 bits per heavy atom. The van der Waals surface area contributed by atoms with Gasteiger partial charge in [0, 0.05) is 23.0 Å². The topological polar surface area (TPSA) is 74.6 Å². The van der Waals surface area contributed by atoms with Crippen molar-refractivity contribution in [2.45, 2.75) is 112 Å². The van der Waals surface area contributed by atoms with Crippen LogP contribution in [0.15, 0.2) is 22.8 Å². The lowest BCUT2D eigenvalue weighted by Gasteiger charge is -2.61. The Kier molecular flexibility index (Phi) is 6.28. The number of aliphatic hydroxyl groups excluding tert-OH is 1. The second-order valence-corrected chi connectivity index (χ2v) is 13.5. The number of ketones is 1. The van der Waals surface area contributed by atoms with Crippen LogP contribution in [0.5, 0.6) is 0 Å². The summed E-state index contributed by atoms with van der Waals surface area (Å²) in [5.74, 6) is 0.774. The summed E-state index contributed by atoms with van der Waals surface area (Å²) in [5.41, 5.74) is 2.82. The summed E-state index contributed by atoms with van der Waals surface area (Å²) in [6.45, 7) is 15.6. The zero-order valence-electron chi connectivity index (χ0n) is 22.5. The molecule has 4 heteroatoms. The summed E-state index contributed by atoms with van der Waals surface area (Å²) in [5, 5.41) is 19.9.